The SMILES string of the molecule is CN1C(=O)[C@H]2[C@H](CC=C3[C@H]2C[C@H]2C(=O)C(c4ccccc4)=CC(=O)[C@@]2(c2ccccc2)[C@H]3c2ccc(O)c(F)c2)C1=O. The Labute approximate surface area is 242 Å². The lowest BCUT2D eigenvalue weighted by atomic mass is 9.44. The maximum Gasteiger partial charge on any atom is 0.233 e. The smallest absolute Gasteiger partial charge is 0.233 e. The van der Waals surface area contributed by atoms with Crippen molar-refractivity contribution in [3.8, 4) is 5.75 Å². The summed E-state index contributed by atoms with van der Waals surface area (Å²) in [4.78, 5) is 57.1. The maximum absolute atomic E-state index is 15.0. The summed E-state index contributed by atoms with van der Waals surface area (Å²) in [5, 5.41) is 10.1. The van der Waals surface area contributed by atoms with Gasteiger partial charge in [0.05, 0.1) is 17.3 Å². The second-order valence-electron chi connectivity index (χ2n) is 11.7. The van der Waals surface area contributed by atoms with Crippen LogP contribution in [0.3, 0.4) is 0 Å². The molecule has 1 N–H and O–H groups in total. The fraction of sp³-hybridized carbons (Fsp3) is 0.257. The Hall–Kier alpha value is -4.65. The number of phenols is 1. The number of rotatable bonds is 3. The summed E-state index contributed by atoms with van der Waals surface area (Å²) in [6.45, 7) is 0. The molecule has 1 heterocycles. The molecule has 0 aromatic heterocycles. The number of nitrogens with zero attached hydrogens (tertiary/aromatic N) is 1. The van der Waals surface area contributed by atoms with Crippen molar-refractivity contribution in [1.29, 1.82) is 0 Å². The highest BCUT2D eigenvalue weighted by Gasteiger charge is 2.65. The number of amides is 2. The van der Waals surface area contributed by atoms with E-state index in [4.69, 9.17) is 0 Å². The molecular formula is C35H28FNO5. The number of benzene rings is 3. The number of carbonyl (C=O) groups is 4. The molecule has 0 spiro atoms. The minimum Gasteiger partial charge on any atom is -0.505 e. The fourth-order valence-electron chi connectivity index (χ4n) is 8.11. The van der Waals surface area contributed by atoms with Crippen LogP contribution in [0.15, 0.2) is 96.6 Å². The van der Waals surface area contributed by atoms with Crippen LogP contribution in [0, 0.1) is 29.5 Å². The van der Waals surface area contributed by atoms with Crippen LogP contribution >= 0.6 is 0 Å². The van der Waals surface area contributed by atoms with Gasteiger partial charge in [-0.15, -0.1) is 0 Å². The first-order chi connectivity index (χ1) is 20.2. The summed E-state index contributed by atoms with van der Waals surface area (Å²) in [5.41, 5.74) is 1.32. The quantitative estimate of drug-likeness (QED) is 0.360. The van der Waals surface area contributed by atoms with E-state index in [1.807, 2.05) is 42.5 Å². The predicted octanol–water partition coefficient (Wildman–Crippen LogP) is 4.99. The molecular weight excluding hydrogens is 533 g/mol. The Bertz CT molecular complexity index is 1730. The number of allylic oxidation sites excluding steroid dienone is 4. The van der Waals surface area contributed by atoms with Crippen molar-refractivity contribution in [2.45, 2.75) is 24.2 Å². The average Bonchev–Trinajstić information content (AvgIpc) is 3.23. The number of imide groups is 1. The monoisotopic (exact) mass is 561 g/mol. The Morgan fingerprint density at radius 1 is 0.881 bits per heavy atom. The van der Waals surface area contributed by atoms with Crippen LogP contribution < -0.4 is 0 Å². The van der Waals surface area contributed by atoms with Crippen molar-refractivity contribution in [3.63, 3.8) is 0 Å². The van der Waals surface area contributed by atoms with Crippen LogP contribution in [-0.4, -0.2) is 40.4 Å². The largest absolute Gasteiger partial charge is 0.505 e. The number of aromatic hydroxyl groups is 1. The lowest BCUT2D eigenvalue weighted by Crippen LogP contribution is -2.58. The van der Waals surface area contributed by atoms with Crippen molar-refractivity contribution < 1.29 is 28.7 Å². The molecule has 3 aromatic carbocycles. The highest BCUT2D eigenvalue weighted by atomic mass is 19.1. The molecule has 1 saturated heterocycles. The van der Waals surface area contributed by atoms with Gasteiger partial charge in [0, 0.05) is 24.5 Å². The number of Topliss-reactive ketones (excluding diaryl/α,β-unsaturated/α-hetero) is 1. The lowest BCUT2D eigenvalue weighted by molar-refractivity contribution is -0.139. The number of hydrogen-bond acceptors (Lipinski definition) is 5. The van der Waals surface area contributed by atoms with E-state index in [1.54, 1.807) is 30.3 Å². The van der Waals surface area contributed by atoms with Crippen LogP contribution in [0.5, 0.6) is 5.75 Å². The van der Waals surface area contributed by atoms with Crippen LogP contribution in [0.4, 0.5) is 4.39 Å². The van der Waals surface area contributed by atoms with Gasteiger partial charge in [0.2, 0.25) is 11.8 Å². The Morgan fingerprint density at radius 2 is 1.57 bits per heavy atom. The van der Waals surface area contributed by atoms with E-state index in [0.717, 1.165) is 5.57 Å². The molecule has 3 aromatic rings. The molecule has 1 aliphatic heterocycles. The van der Waals surface area contributed by atoms with Gasteiger partial charge in [-0.05, 0) is 53.7 Å². The highest BCUT2D eigenvalue weighted by Crippen LogP contribution is 2.63. The van der Waals surface area contributed by atoms with Crippen molar-refractivity contribution in [2.75, 3.05) is 7.05 Å². The van der Waals surface area contributed by atoms with Crippen LogP contribution in [-0.2, 0) is 24.6 Å². The zero-order valence-electron chi connectivity index (χ0n) is 22.9. The Kier molecular flexibility index (Phi) is 5.91. The summed E-state index contributed by atoms with van der Waals surface area (Å²) in [6, 6.07) is 22.2. The van der Waals surface area contributed by atoms with E-state index in [1.165, 1.54) is 30.2 Å². The van der Waals surface area contributed by atoms with Gasteiger partial charge >= 0.3 is 0 Å². The number of carbonyl (C=O) groups excluding carboxylic acids is 4. The molecule has 42 heavy (non-hydrogen) atoms. The summed E-state index contributed by atoms with van der Waals surface area (Å²) in [6.07, 6.45) is 3.86. The van der Waals surface area contributed by atoms with Crippen molar-refractivity contribution in [3.05, 3.63) is 119 Å². The van der Waals surface area contributed by atoms with E-state index < -0.39 is 46.6 Å². The minimum absolute atomic E-state index is 0.195. The summed E-state index contributed by atoms with van der Waals surface area (Å²) in [5.74, 6) is -5.81. The number of likely N-dealkylation sites (tertiary alicyclic amines) is 1. The van der Waals surface area contributed by atoms with Crippen LogP contribution in [0.25, 0.3) is 5.57 Å². The molecule has 3 aliphatic carbocycles. The molecule has 1 saturated carbocycles. The molecule has 4 aliphatic rings. The van der Waals surface area contributed by atoms with E-state index in [-0.39, 0.29) is 29.8 Å². The van der Waals surface area contributed by atoms with Gasteiger partial charge in [0.25, 0.3) is 0 Å². The fourth-order valence-corrected chi connectivity index (χ4v) is 8.11. The zero-order chi connectivity index (χ0) is 29.3. The topological polar surface area (TPSA) is 91.8 Å². The van der Waals surface area contributed by atoms with Gasteiger partial charge in [0.1, 0.15) is 0 Å². The maximum atomic E-state index is 15.0. The highest BCUT2D eigenvalue weighted by molar-refractivity contribution is 6.31. The molecule has 2 amide bonds. The number of phenolic OH excluding ortho intramolecular Hbond substituents is 1. The van der Waals surface area contributed by atoms with Gasteiger partial charge < -0.3 is 5.11 Å². The molecule has 7 heteroatoms. The standard InChI is InChI=1S/C35H28FNO5/c1-37-33(41)23-14-13-22-25(30(23)34(37)42)17-26-32(40)24(19-8-4-2-5-9-19)18-29(39)35(26,21-10-6-3-7-11-21)31(22)20-12-15-28(38)27(36)16-20/h2-13,15-16,18,23,25-26,30-31,38H,14,17H2,1H3/t23-,25+,26-,30-,31-,35-/m0/s1. The molecule has 210 valence electrons. The van der Waals surface area contributed by atoms with Gasteiger partial charge in [-0.2, -0.15) is 0 Å². The van der Waals surface area contributed by atoms with Crippen LogP contribution in [0.1, 0.15) is 35.4 Å². The molecule has 6 atom stereocenters. The summed E-state index contributed by atoms with van der Waals surface area (Å²) < 4.78 is 15.0. The van der Waals surface area contributed by atoms with Gasteiger partial charge in [-0.25, -0.2) is 4.39 Å². The van der Waals surface area contributed by atoms with Crippen molar-refractivity contribution >= 4 is 29.0 Å². The first kappa shape index (κ1) is 26.3. The Morgan fingerprint density at radius 3 is 2.26 bits per heavy atom. The average molecular weight is 562 g/mol. The molecule has 0 unspecified atom stereocenters. The van der Waals surface area contributed by atoms with Gasteiger partial charge in [-0.1, -0.05) is 78.4 Å². The zero-order valence-corrected chi connectivity index (χ0v) is 22.9. The third-order valence-electron chi connectivity index (χ3n) is 9.90. The lowest BCUT2D eigenvalue weighted by Gasteiger charge is -2.55. The predicted molar refractivity (Wildman–Crippen MR) is 152 cm³/mol. The number of ketones is 2. The van der Waals surface area contributed by atoms with Gasteiger partial charge in [-0.3, -0.25) is 24.1 Å². The molecule has 2 fully saturated rings. The number of hydrogen-bond donors (Lipinski definition) is 1. The van der Waals surface area contributed by atoms with Gasteiger partial charge in [0.15, 0.2) is 23.1 Å². The van der Waals surface area contributed by atoms with E-state index >= 15 is 4.39 Å². The minimum atomic E-state index is -1.42. The normalized spacial score (nSPS) is 30.3. The molecule has 0 bridgehead atoms. The van der Waals surface area contributed by atoms with E-state index in [0.29, 0.717) is 28.7 Å². The first-order valence-electron chi connectivity index (χ1n) is 14.2. The van der Waals surface area contributed by atoms with E-state index in [2.05, 4.69) is 0 Å². The second-order valence-corrected chi connectivity index (χ2v) is 11.7. The summed E-state index contributed by atoms with van der Waals surface area (Å²) in [7, 11) is 1.48. The van der Waals surface area contributed by atoms with Crippen LogP contribution in [0.2, 0.25) is 0 Å². The second kappa shape index (κ2) is 9.44. The number of fused-ring (bicyclic) bond motifs is 4. The summed E-state index contributed by atoms with van der Waals surface area (Å²) >= 11 is 0. The number of halogens is 1. The Balaban J connectivity index is 1.53. The van der Waals surface area contributed by atoms with E-state index in [9.17, 15) is 24.3 Å². The molecule has 0 radical (unpaired) electrons. The molecule has 7 rings (SSSR count). The van der Waals surface area contributed by atoms with Crippen molar-refractivity contribution in [1.82, 2.24) is 4.90 Å². The molecule has 6 nitrogen and oxygen atoms in total. The third-order valence-corrected chi connectivity index (χ3v) is 9.90. The third kappa shape index (κ3) is 3.49. The first-order valence-corrected chi connectivity index (χ1v) is 14.2. The van der Waals surface area contributed by atoms with Crippen molar-refractivity contribution in [2.24, 2.45) is 23.7 Å².